The summed E-state index contributed by atoms with van der Waals surface area (Å²) in [7, 11) is 0. The van der Waals surface area contributed by atoms with Crippen LogP contribution >= 0.6 is 27.5 Å². The van der Waals surface area contributed by atoms with Gasteiger partial charge in [0.2, 0.25) is 5.91 Å². The van der Waals surface area contributed by atoms with Crippen LogP contribution in [0.2, 0.25) is 5.02 Å². The number of fused-ring (bicyclic) bond motifs is 1. The van der Waals surface area contributed by atoms with Gasteiger partial charge in [-0.1, -0.05) is 33.6 Å². The van der Waals surface area contributed by atoms with Crippen LogP contribution in [-0.2, 0) is 10.1 Å². The molecule has 2 rings (SSSR count). The van der Waals surface area contributed by atoms with E-state index in [-0.39, 0.29) is 5.91 Å². The fourth-order valence-electron chi connectivity index (χ4n) is 1.56. The van der Waals surface area contributed by atoms with Crippen molar-refractivity contribution in [1.82, 2.24) is 4.98 Å². The third kappa shape index (κ3) is 2.76. The molecule has 1 N–H and O–H groups in total. The van der Waals surface area contributed by atoms with Crippen molar-refractivity contribution in [3.05, 3.63) is 34.9 Å². The molecular formula is C12H10BrClN2O. The maximum absolute atomic E-state index is 11.0. The SMILES string of the molecule is CC(=O)Nc1cc(Cl)c2cc(CBr)ccc2n1. The highest BCUT2D eigenvalue weighted by atomic mass is 79.9. The second-order valence-electron chi connectivity index (χ2n) is 3.66. The topological polar surface area (TPSA) is 42.0 Å². The third-order valence-corrected chi connectivity index (χ3v) is 3.24. The molecule has 5 heteroatoms. The van der Waals surface area contributed by atoms with Crippen LogP contribution in [0.4, 0.5) is 5.82 Å². The van der Waals surface area contributed by atoms with E-state index in [0.29, 0.717) is 10.8 Å². The molecule has 2 aromatic rings. The summed E-state index contributed by atoms with van der Waals surface area (Å²) in [5, 5.41) is 4.86. The van der Waals surface area contributed by atoms with E-state index in [1.165, 1.54) is 6.92 Å². The Hall–Kier alpha value is -1.13. The van der Waals surface area contributed by atoms with Gasteiger partial charge in [0.15, 0.2) is 0 Å². The largest absolute Gasteiger partial charge is 0.311 e. The molecule has 1 heterocycles. The molecule has 0 radical (unpaired) electrons. The molecule has 88 valence electrons. The molecule has 0 saturated carbocycles. The van der Waals surface area contributed by atoms with Gasteiger partial charge in [-0.2, -0.15) is 0 Å². The summed E-state index contributed by atoms with van der Waals surface area (Å²) in [5.41, 5.74) is 1.90. The molecule has 1 aromatic carbocycles. The van der Waals surface area contributed by atoms with Crippen LogP contribution in [0.5, 0.6) is 0 Å². The van der Waals surface area contributed by atoms with Gasteiger partial charge in [0.1, 0.15) is 5.82 Å². The van der Waals surface area contributed by atoms with Gasteiger partial charge in [-0.05, 0) is 17.7 Å². The Kier molecular flexibility index (Phi) is 3.64. The van der Waals surface area contributed by atoms with Crippen molar-refractivity contribution < 1.29 is 4.79 Å². The highest BCUT2D eigenvalue weighted by molar-refractivity contribution is 9.08. The lowest BCUT2D eigenvalue weighted by Crippen LogP contribution is -2.07. The Bertz CT molecular complexity index is 586. The molecule has 0 fully saturated rings. The lowest BCUT2D eigenvalue weighted by Gasteiger charge is -2.06. The molecule has 1 amide bonds. The predicted octanol–water partition coefficient (Wildman–Crippen LogP) is 3.74. The number of halogens is 2. The van der Waals surface area contributed by atoms with E-state index in [1.54, 1.807) is 6.07 Å². The van der Waals surface area contributed by atoms with Crippen LogP contribution in [0.1, 0.15) is 12.5 Å². The monoisotopic (exact) mass is 312 g/mol. The first-order chi connectivity index (χ1) is 8.10. The summed E-state index contributed by atoms with van der Waals surface area (Å²) >= 11 is 9.56. The molecule has 0 aliphatic carbocycles. The first-order valence-corrected chi connectivity index (χ1v) is 6.53. The van der Waals surface area contributed by atoms with E-state index in [2.05, 4.69) is 26.2 Å². The van der Waals surface area contributed by atoms with Crippen molar-refractivity contribution >= 4 is 50.2 Å². The standard InChI is InChI=1S/C12H10BrClN2O/c1-7(17)15-12-5-10(14)9-4-8(6-13)2-3-11(9)16-12/h2-5H,6H2,1H3,(H,15,16,17). The Morgan fingerprint density at radius 3 is 2.88 bits per heavy atom. The Labute approximate surface area is 112 Å². The van der Waals surface area contributed by atoms with Gasteiger partial charge in [-0.25, -0.2) is 4.98 Å². The maximum atomic E-state index is 11.0. The summed E-state index contributed by atoms with van der Waals surface area (Å²) < 4.78 is 0. The first kappa shape index (κ1) is 12.3. The lowest BCUT2D eigenvalue weighted by atomic mass is 10.1. The van der Waals surface area contributed by atoms with Gasteiger partial charge in [-0.15, -0.1) is 0 Å². The minimum absolute atomic E-state index is 0.162. The Morgan fingerprint density at radius 1 is 1.47 bits per heavy atom. The minimum atomic E-state index is -0.162. The summed E-state index contributed by atoms with van der Waals surface area (Å²) in [6.07, 6.45) is 0. The van der Waals surface area contributed by atoms with Gasteiger partial charge in [0.25, 0.3) is 0 Å². The number of amides is 1. The number of anilines is 1. The van der Waals surface area contributed by atoms with Gasteiger partial charge >= 0.3 is 0 Å². The average Bonchev–Trinajstić information content (AvgIpc) is 2.28. The fraction of sp³-hybridized carbons (Fsp3) is 0.167. The summed E-state index contributed by atoms with van der Waals surface area (Å²) in [6, 6.07) is 7.50. The highest BCUT2D eigenvalue weighted by Crippen LogP contribution is 2.26. The number of rotatable bonds is 2. The number of hydrogen-bond acceptors (Lipinski definition) is 2. The second-order valence-corrected chi connectivity index (χ2v) is 4.62. The number of pyridine rings is 1. The van der Waals surface area contributed by atoms with E-state index >= 15 is 0 Å². The quantitative estimate of drug-likeness (QED) is 0.858. The van der Waals surface area contributed by atoms with Crippen molar-refractivity contribution in [2.24, 2.45) is 0 Å². The Balaban J connectivity index is 2.55. The zero-order chi connectivity index (χ0) is 12.4. The third-order valence-electron chi connectivity index (χ3n) is 2.28. The summed E-state index contributed by atoms with van der Waals surface area (Å²) in [4.78, 5) is 15.3. The number of alkyl halides is 1. The number of carbonyl (C=O) groups is 1. The van der Waals surface area contributed by atoms with Gasteiger partial charge < -0.3 is 5.32 Å². The van der Waals surface area contributed by atoms with Crippen LogP contribution < -0.4 is 5.32 Å². The Morgan fingerprint density at radius 2 is 2.24 bits per heavy atom. The smallest absolute Gasteiger partial charge is 0.222 e. The zero-order valence-electron chi connectivity index (χ0n) is 9.13. The molecular weight excluding hydrogens is 304 g/mol. The normalized spacial score (nSPS) is 10.5. The molecule has 0 aliphatic rings. The fourth-order valence-corrected chi connectivity index (χ4v) is 2.16. The van der Waals surface area contributed by atoms with Crippen LogP contribution in [0, 0.1) is 0 Å². The number of nitrogens with one attached hydrogen (secondary N) is 1. The first-order valence-electron chi connectivity index (χ1n) is 5.03. The molecule has 0 spiro atoms. The predicted molar refractivity (Wildman–Crippen MR) is 73.7 cm³/mol. The van der Waals surface area contributed by atoms with Crippen molar-refractivity contribution in [2.45, 2.75) is 12.3 Å². The average molecular weight is 314 g/mol. The van der Waals surface area contributed by atoms with Crippen LogP contribution in [-0.4, -0.2) is 10.9 Å². The minimum Gasteiger partial charge on any atom is -0.311 e. The molecule has 17 heavy (non-hydrogen) atoms. The molecule has 0 bridgehead atoms. The van der Waals surface area contributed by atoms with Crippen molar-refractivity contribution in [2.75, 3.05) is 5.32 Å². The summed E-state index contributed by atoms with van der Waals surface area (Å²) in [6.45, 7) is 1.44. The number of aromatic nitrogens is 1. The maximum Gasteiger partial charge on any atom is 0.222 e. The zero-order valence-corrected chi connectivity index (χ0v) is 11.5. The number of benzene rings is 1. The van der Waals surface area contributed by atoms with E-state index in [9.17, 15) is 4.79 Å². The van der Waals surface area contributed by atoms with Crippen LogP contribution in [0.3, 0.4) is 0 Å². The number of nitrogens with zero attached hydrogens (tertiary/aromatic N) is 1. The van der Waals surface area contributed by atoms with Gasteiger partial charge in [0.05, 0.1) is 10.5 Å². The van der Waals surface area contributed by atoms with E-state index in [1.807, 2.05) is 18.2 Å². The van der Waals surface area contributed by atoms with Crippen LogP contribution in [0.15, 0.2) is 24.3 Å². The summed E-state index contributed by atoms with van der Waals surface area (Å²) in [5.74, 6) is 0.312. The second kappa shape index (κ2) is 5.02. The van der Waals surface area contributed by atoms with Gasteiger partial charge in [0, 0.05) is 23.7 Å². The lowest BCUT2D eigenvalue weighted by molar-refractivity contribution is -0.114. The van der Waals surface area contributed by atoms with Crippen LogP contribution in [0.25, 0.3) is 10.9 Å². The highest BCUT2D eigenvalue weighted by Gasteiger charge is 2.06. The molecule has 0 saturated heterocycles. The van der Waals surface area contributed by atoms with E-state index in [4.69, 9.17) is 11.6 Å². The van der Waals surface area contributed by atoms with Crippen molar-refractivity contribution in [3.63, 3.8) is 0 Å². The van der Waals surface area contributed by atoms with Crippen molar-refractivity contribution in [1.29, 1.82) is 0 Å². The number of hydrogen-bond donors (Lipinski definition) is 1. The molecule has 1 aromatic heterocycles. The molecule has 3 nitrogen and oxygen atoms in total. The molecule has 0 unspecified atom stereocenters. The van der Waals surface area contributed by atoms with Crippen molar-refractivity contribution in [3.8, 4) is 0 Å². The molecule has 0 atom stereocenters. The van der Waals surface area contributed by atoms with Gasteiger partial charge in [-0.3, -0.25) is 4.79 Å². The molecule has 0 aliphatic heterocycles. The number of carbonyl (C=O) groups excluding carboxylic acids is 1. The van der Waals surface area contributed by atoms with E-state index in [0.717, 1.165) is 21.8 Å². The van der Waals surface area contributed by atoms with E-state index < -0.39 is 0 Å².